The highest BCUT2D eigenvalue weighted by atomic mass is 32.2. The van der Waals surface area contributed by atoms with E-state index in [1.165, 1.54) is 10.6 Å². The molecule has 2 nitrogen and oxygen atoms in total. The monoisotopic (exact) mass is 195 g/mol. The van der Waals surface area contributed by atoms with E-state index >= 15 is 0 Å². The molecule has 1 aliphatic rings. The fraction of sp³-hybridized carbons (Fsp3) is 0.400. The lowest BCUT2D eigenvalue weighted by molar-refractivity contribution is 0.206. The molecular formula is C10H13NOS. The maximum atomic E-state index is 5.07. The average molecular weight is 195 g/mol. The first-order valence-electron chi connectivity index (χ1n) is 4.37. The first kappa shape index (κ1) is 8.91. The third-order valence-electron chi connectivity index (χ3n) is 2.15. The first-order chi connectivity index (χ1) is 6.42. The number of ether oxygens (including phenoxy) is 1. The molecule has 0 atom stereocenters. The smallest absolute Gasteiger partial charge is 0.0687 e. The van der Waals surface area contributed by atoms with Crippen molar-refractivity contribution < 1.29 is 4.74 Å². The highest BCUT2D eigenvalue weighted by molar-refractivity contribution is 7.99. The molecule has 0 saturated heterocycles. The van der Waals surface area contributed by atoms with Crippen molar-refractivity contribution >= 4 is 17.4 Å². The molecular weight excluding hydrogens is 182 g/mol. The quantitative estimate of drug-likeness (QED) is 0.733. The molecule has 0 spiro atoms. The predicted molar refractivity (Wildman–Crippen MR) is 56.4 cm³/mol. The van der Waals surface area contributed by atoms with Crippen molar-refractivity contribution in [2.24, 2.45) is 0 Å². The zero-order valence-corrected chi connectivity index (χ0v) is 8.51. The molecule has 1 aromatic rings. The van der Waals surface area contributed by atoms with Crippen molar-refractivity contribution in [1.82, 2.24) is 0 Å². The number of thioether (sulfide) groups is 1. The number of fused-ring (bicyclic) bond motifs is 1. The summed E-state index contributed by atoms with van der Waals surface area (Å²) in [6.45, 7) is 1.79. The molecule has 0 aliphatic carbocycles. The molecule has 0 N–H and O–H groups in total. The van der Waals surface area contributed by atoms with Crippen molar-refractivity contribution in [2.75, 3.05) is 31.0 Å². The van der Waals surface area contributed by atoms with E-state index in [1.807, 2.05) is 11.8 Å². The SMILES string of the molecule is COCCN1CSc2ccccc21. The third-order valence-corrected chi connectivity index (χ3v) is 3.24. The molecule has 0 saturated carbocycles. The standard InChI is InChI=1S/C10H13NOS/c1-12-7-6-11-8-13-10-5-3-2-4-9(10)11/h2-5H,6-8H2,1H3. The third kappa shape index (κ3) is 1.81. The second-order valence-corrected chi connectivity index (χ2v) is 3.98. The Morgan fingerprint density at radius 1 is 1.46 bits per heavy atom. The number of rotatable bonds is 3. The summed E-state index contributed by atoms with van der Waals surface area (Å²) >= 11 is 1.90. The van der Waals surface area contributed by atoms with Crippen LogP contribution in [0.2, 0.25) is 0 Å². The topological polar surface area (TPSA) is 12.5 Å². The molecule has 70 valence electrons. The summed E-state index contributed by atoms with van der Waals surface area (Å²) in [5.74, 6) is 1.06. The summed E-state index contributed by atoms with van der Waals surface area (Å²) in [6, 6.07) is 8.52. The summed E-state index contributed by atoms with van der Waals surface area (Å²) in [5, 5.41) is 0. The zero-order chi connectivity index (χ0) is 9.10. The Hall–Kier alpha value is -0.670. The fourth-order valence-electron chi connectivity index (χ4n) is 1.44. The van der Waals surface area contributed by atoms with Crippen LogP contribution in [0.5, 0.6) is 0 Å². The maximum absolute atomic E-state index is 5.07. The molecule has 0 radical (unpaired) electrons. The molecule has 0 aromatic heterocycles. The number of hydrogen-bond acceptors (Lipinski definition) is 3. The van der Waals surface area contributed by atoms with Crippen molar-refractivity contribution in [2.45, 2.75) is 4.90 Å². The maximum Gasteiger partial charge on any atom is 0.0687 e. The number of benzene rings is 1. The van der Waals surface area contributed by atoms with Gasteiger partial charge in [-0.05, 0) is 12.1 Å². The molecule has 2 rings (SSSR count). The summed E-state index contributed by atoms with van der Waals surface area (Å²) in [6.07, 6.45) is 0. The van der Waals surface area contributed by atoms with E-state index in [0.29, 0.717) is 0 Å². The van der Waals surface area contributed by atoms with Crippen LogP contribution in [0.4, 0.5) is 5.69 Å². The van der Waals surface area contributed by atoms with Crippen LogP contribution in [0.15, 0.2) is 29.2 Å². The first-order valence-corrected chi connectivity index (χ1v) is 5.36. The van der Waals surface area contributed by atoms with Gasteiger partial charge in [0.1, 0.15) is 0 Å². The van der Waals surface area contributed by atoms with Crippen molar-refractivity contribution in [3.63, 3.8) is 0 Å². The Morgan fingerprint density at radius 2 is 2.31 bits per heavy atom. The Morgan fingerprint density at radius 3 is 3.15 bits per heavy atom. The van der Waals surface area contributed by atoms with E-state index in [4.69, 9.17) is 4.74 Å². The van der Waals surface area contributed by atoms with E-state index in [0.717, 1.165) is 19.0 Å². The summed E-state index contributed by atoms with van der Waals surface area (Å²) in [5.41, 5.74) is 1.35. The lowest BCUT2D eigenvalue weighted by Crippen LogP contribution is -2.23. The van der Waals surface area contributed by atoms with Gasteiger partial charge in [0.25, 0.3) is 0 Å². The lowest BCUT2D eigenvalue weighted by atomic mass is 10.3. The van der Waals surface area contributed by atoms with Crippen molar-refractivity contribution in [3.8, 4) is 0 Å². The van der Waals surface area contributed by atoms with Gasteiger partial charge in [-0.25, -0.2) is 0 Å². The number of anilines is 1. The molecule has 1 heterocycles. The lowest BCUT2D eigenvalue weighted by Gasteiger charge is -2.17. The molecule has 0 amide bonds. The van der Waals surface area contributed by atoms with Crippen LogP contribution in [-0.4, -0.2) is 26.1 Å². The van der Waals surface area contributed by atoms with Gasteiger partial charge in [-0.3, -0.25) is 0 Å². The highest BCUT2D eigenvalue weighted by Gasteiger charge is 2.17. The molecule has 0 bridgehead atoms. The normalized spacial score (nSPS) is 14.7. The largest absolute Gasteiger partial charge is 0.383 e. The number of para-hydroxylation sites is 1. The summed E-state index contributed by atoms with van der Waals surface area (Å²) < 4.78 is 5.07. The highest BCUT2D eigenvalue weighted by Crippen LogP contribution is 2.37. The molecule has 1 aromatic carbocycles. The number of methoxy groups -OCH3 is 1. The van der Waals surface area contributed by atoms with Gasteiger partial charge in [-0.1, -0.05) is 12.1 Å². The Kier molecular flexibility index (Phi) is 2.76. The van der Waals surface area contributed by atoms with Gasteiger partial charge in [0, 0.05) is 18.6 Å². The van der Waals surface area contributed by atoms with Crippen LogP contribution in [-0.2, 0) is 4.74 Å². The van der Waals surface area contributed by atoms with Crippen molar-refractivity contribution in [1.29, 1.82) is 0 Å². The van der Waals surface area contributed by atoms with Gasteiger partial charge in [0.05, 0.1) is 18.2 Å². The summed E-state index contributed by atoms with van der Waals surface area (Å²) in [7, 11) is 1.75. The predicted octanol–water partition coefficient (Wildman–Crippen LogP) is 2.20. The van der Waals surface area contributed by atoms with Crippen LogP contribution in [0.1, 0.15) is 0 Å². The number of nitrogens with zero attached hydrogens (tertiary/aromatic N) is 1. The van der Waals surface area contributed by atoms with E-state index in [9.17, 15) is 0 Å². The second-order valence-electron chi connectivity index (χ2n) is 3.00. The van der Waals surface area contributed by atoms with Gasteiger partial charge in [-0.15, -0.1) is 11.8 Å². The molecule has 1 aliphatic heterocycles. The van der Waals surface area contributed by atoms with Gasteiger partial charge in [-0.2, -0.15) is 0 Å². The van der Waals surface area contributed by atoms with Gasteiger partial charge >= 0.3 is 0 Å². The average Bonchev–Trinajstić information content (AvgIpc) is 2.58. The zero-order valence-electron chi connectivity index (χ0n) is 7.69. The van der Waals surface area contributed by atoms with Crippen LogP contribution in [0, 0.1) is 0 Å². The van der Waals surface area contributed by atoms with Gasteiger partial charge in [0.2, 0.25) is 0 Å². The van der Waals surface area contributed by atoms with Crippen LogP contribution in [0.25, 0.3) is 0 Å². The molecule has 13 heavy (non-hydrogen) atoms. The minimum Gasteiger partial charge on any atom is -0.383 e. The Balaban J connectivity index is 2.09. The minimum atomic E-state index is 0.800. The van der Waals surface area contributed by atoms with Crippen LogP contribution < -0.4 is 4.90 Å². The van der Waals surface area contributed by atoms with Crippen LogP contribution >= 0.6 is 11.8 Å². The van der Waals surface area contributed by atoms with E-state index < -0.39 is 0 Å². The van der Waals surface area contributed by atoms with E-state index in [2.05, 4.69) is 29.2 Å². The van der Waals surface area contributed by atoms with E-state index in [-0.39, 0.29) is 0 Å². The molecule has 0 fully saturated rings. The second kappa shape index (κ2) is 4.03. The number of hydrogen-bond donors (Lipinski definition) is 0. The Labute approximate surface area is 82.9 Å². The van der Waals surface area contributed by atoms with Gasteiger partial charge < -0.3 is 9.64 Å². The molecule has 0 unspecified atom stereocenters. The van der Waals surface area contributed by atoms with E-state index in [1.54, 1.807) is 7.11 Å². The van der Waals surface area contributed by atoms with Crippen LogP contribution in [0.3, 0.4) is 0 Å². The minimum absolute atomic E-state index is 0.800. The van der Waals surface area contributed by atoms with Crippen molar-refractivity contribution in [3.05, 3.63) is 24.3 Å². The molecule has 3 heteroatoms. The summed E-state index contributed by atoms with van der Waals surface area (Å²) in [4.78, 5) is 3.74. The Bertz CT molecular complexity index is 290. The van der Waals surface area contributed by atoms with Gasteiger partial charge in [0.15, 0.2) is 0 Å². The fourth-order valence-corrected chi connectivity index (χ4v) is 2.53.